The Labute approximate surface area is 123 Å². The van der Waals surface area contributed by atoms with E-state index < -0.39 is 0 Å². The van der Waals surface area contributed by atoms with E-state index in [1.165, 1.54) is 51.6 Å². The second-order valence-electron chi connectivity index (χ2n) is 6.64. The maximum Gasteiger partial charge on any atom is 0.00385 e. The average Bonchev–Trinajstić information content (AvgIpc) is 2.40. The quantitative estimate of drug-likeness (QED) is 0.618. The number of rotatable bonds is 2. The zero-order chi connectivity index (χ0) is 14.9. The maximum atomic E-state index is 2.63. The van der Waals surface area contributed by atoms with Gasteiger partial charge in [0.1, 0.15) is 0 Å². The summed E-state index contributed by atoms with van der Waals surface area (Å²) < 4.78 is 0. The van der Waals surface area contributed by atoms with Gasteiger partial charge in [-0.15, -0.1) is 0 Å². The number of unbranched alkanes of at least 4 members (excludes halogenated alkanes) is 1. The average molecular weight is 270 g/mol. The van der Waals surface area contributed by atoms with Gasteiger partial charge in [0.25, 0.3) is 0 Å². The van der Waals surface area contributed by atoms with E-state index in [4.69, 9.17) is 0 Å². The molecule has 2 fully saturated rings. The van der Waals surface area contributed by atoms with Crippen LogP contribution in [0.4, 0.5) is 0 Å². The van der Waals surface area contributed by atoms with Gasteiger partial charge in [0, 0.05) is 6.04 Å². The highest BCUT2D eigenvalue weighted by Crippen LogP contribution is 2.52. The van der Waals surface area contributed by atoms with Gasteiger partial charge in [0.2, 0.25) is 0 Å². The van der Waals surface area contributed by atoms with Crippen molar-refractivity contribution in [2.24, 2.45) is 11.3 Å². The molecule has 0 unspecified atom stereocenters. The van der Waals surface area contributed by atoms with Gasteiger partial charge in [-0.2, -0.15) is 0 Å². The van der Waals surface area contributed by atoms with Crippen LogP contribution in [-0.2, 0) is 0 Å². The predicted molar refractivity (Wildman–Crippen MR) is 88.7 cm³/mol. The minimum Gasteiger partial charge on any atom is -0.301 e. The van der Waals surface area contributed by atoms with Gasteiger partial charge in [-0.25, -0.2) is 0 Å². The SMILES string of the molecule is CC.CC1CC2(CCN(C(C)C)CC2)C1.CCCC. The Kier molecular flexibility index (Phi) is 9.78. The minimum absolute atomic E-state index is 0.759. The monoisotopic (exact) mass is 269 g/mol. The predicted octanol–water partition coefficient (Wildman–Crippen LogP) is 5.74. The molecule has 0 aromatic carbocycles. The molecule has 19 heavy (non-hydrogen) atoms. The molecule has 1 saturated carbocycles. The lowest BCUT2D eigenvalue weighted by Crippen LogP contribution is -2.48. The molecule has 1 aliphatic heterocycles. The van der Waals surface area contributed by atoms with Crippen LogP contribution in [0, 0.1) is 11.3 Å². The van der Waals surface area contributed by atoms with Crippen molar-refractivity contribution in [3.8, 4) is 0 Å². The van der Waals surface area contributed by atoms with Crippen LogP contribution in [0.15, 0.2) is 0 Å². The van der Waals surface area contributed by atoms with Crippen LogP contribution in [0.3, 0.4) is 0 Å². The number of hydrogen-bond acceptors (Lipinski definition) is 1. The maximum absolute atomic E-state index is 2.63. The normalized spacial score (nSPS) is 22.1. The topological polar surface area (TPSA) is 3.24 Å². The zero-order valence-corrected chi connectivity index (χ0v) is 14.8. The third-order valence-electron chi connectivity index (χ3n) is 4.65. The first-order chi connectivity index (χ1) is 9.03. The van der Waals surface area contributed by atoms with Gasteiger partial charge in [-0.1, -0.05) is 47.5 Å². The molecule has 1 aliphatic carbocycles. The van der Waals surface area contributed by atoms with Crippen molar-refractivity contribution in [2.45, 2.75) is 93.0 Å². The molecule has 1 saturated heterocycles. The van der Waals surface area contributed by atoms with E-state index in [0.29, 0.717) is 0 Å². The third kappa shape index (κ3) is 6.29. The first kappa shape index (κ1) is 19.0. The van der Waals surface area contributed by atoms with Crippen LogP contribution in [-0.4, -0.2) is 24.0 Å². The summed E-state index contributed by atoms with van der Waals surface area (Å²) in [6, 6.07) is 0.759. The summed E-state index contributed by atoms with van der Waals surface area (Å²) in [6.07, 6.45) is 8.60. The molecule has 0 aromatic heterocycles. The van der Waals surface area contributed by atoms with Crippen molar-refractivity contribution in [1.82, 2.24) is 4.90 Å². The van der Waals surface area contributed by atoms with Crippen molar-refractivity contribution in [2.75, 3.05) is 13.1 Å². The number of nitrogens with zero attached hydrogens (tertiary/aromatic N) is 1. The summed E-state index contributed by atoms with van der Waals surface area (Å²) in [6.45, 7) is 18.1. The lowest BCUT2D eigenvalue weighted by atomic mass is 9.58. The summed E-state index contributed by atoms with van der Waals surface area (Å²) in [5.41, 5.74) is 0.796. The van der Waals surface area contributed by atoms with Crippen LogP contribution in [0.1, 0.15) is 87.0 Å². The van der Waals surface area contributed by atoms with E-state index in [2.05, 4.69) is 39.5 Å². The zero-order valence-electron chi connectivity index (χ0n) is 14.8. The molecule has 2 rings (SSSR count). The number of hydrogen-bond donors (Lipinski definition) is 0. The first-order valence-electron chi connectivity index (χ1n) is 8.77. The molecule has 0 atom stereocenters. The first-order valence-corrected chi connectivity index (χ1v) is 8.77. The molecule has 116 valence electrons. The Morgan fingerprint density at radius 2 is 1.42 bits per heavy atom. The van der Waals surface area contributed by atoms with Crippen LogP contribution >= 0.6 is 0 Å². The molecule has 1 spiro atoms. The van der Waals surface area contributed by atoms with Gasteiger partial charge < -0.3 is 4.90 Å². The molecule has 2 aliphatic rings. The highest BCUT2D eigenvalue weighted by Gasteiger charge is 2.43. The van der Waals surface area contributed by atoms with Crippen molar-refractivity contribution in [3.63, 3.8) is 0 Å². The fourth-order valence-corrected chi connectivity index (χ4v) is 3.34. The molecule has 1 heterocycles. The van der Waals surface area contributed by atoms with E-state index >= 15 is 0 Å². The summed E-state index contributed by atoms with van der Waals surface area (Å²) in [5, 5.41) is 0. The lowest BCUT2D eigenvalue weighted by molar-refractivity contribution is -0.0137. The van der Waals surface area contributed by atoms with E-state index in [0.717, 1.165) is 17.4 Å². The fourth-order valence-electron chi connectivity index (χ4n) is 3.34. The molecule has 0 amide bonds. The fraction of sp³-hybridized carbons (Fsp3) is 1.00. The highest BCUT2D eigenvalue weighted by atomic mass is 15.2. The molecular formula is C18H39N. The van der Waals surface area contributed by atoms with E-state index in [-0.39, 0.29) is 0 Å². The van der Waals surface area contributed by atoms with Crippen molar-refractivity contribution >= 4 is 0 Å². The molecule has 0 N–H and O–H groups in total. The smallest absolute Gasteiger partial charge is 0.00385 e. The van der Waals surface area contributed by atoms with E-state index in [9.17, 15) is 0 Å². The number of likely N-dealkylation sites (tertiary alicyclic amines) is 1. The van der Waals surface area contributed by atoms with Crippen LogP contribution < -0.4 is 0 Å². The Morgan fingerprint density at radius 1 is 1.00 bits per heavy atom. The van der Waals surface area contributed by atoms with Crippen molar-refractivity contribution < 1.29 is 0 Å². The molecule has 1 nitrogen and oxygen atoms in total. The Hall–Kier alpha value is -0.0400. The lowest BCUT2D eigenvalue weighted by Gasteiger charge is -2.52. The standard InChI is InChI=1S/C12H23N.C4H10.C2H6/c1-10(2)13-6-4-12(5-7-13)8-11(3)9-12;1-3-4-2;1-2/h10-11H,4-9H2,1-3H3;3-4H2,1-2H3;1-2H3. The van der Waals surface area contributed by atoms with Crippen molar-refractivity contribution in [1.29, 1.82) is 0 Å². The minimum atomic E-state index is 0.759. The molecule has 0 bridgehead atoms. The Bertz CT molecular complexity index is 192. The van der Waals surface area contributed by atoms with Gasteiger partial charge in [-0.3, -0.25) is 0 Å². The molecule has 0 radical (unpaired) electrons. The van der Waals surface area contributed by atoms with Gasteiger partial charge >= 0.3 is 0 Å². The second-order valence-corrected chi connectivity index (χ2v) is 6.64. The summed E-state index contributed by atoms with van der Waals surface area (Å²) in [7, 11) is 0. The second kappa shape index (κ2) is 9.80. The van der Waals surface area contributed by atoms with Crippen LogP contribution in [0.5, 0.6) is 0 Å². The van der Waals surface area contributed by atoms with Gasteiger partial charge in [0.05, 0.1) is 0 Å². The van der Waals surface area contributed by atoms with Gasteiger partial charge in [-0.05, 0) is 64.0 Å². The van der Waals surface area contributed by atoms with E-state index in [1.54, 1.807) is 0 Å². The third-order valence-corrected chi connectivity index (χ3v) is 4.65. The van der Waals surface area contributed by atoms with Gasteiger partial charge in [0.15, 0.2) is 0 Å². The highest BCUT2D eigenvalue weighted by molar-refractivity contribution is 4.95. The molecule has 1 heteroatoms. The Morgan fingerprint density at radius 3 is 1.68 bits per heavy atom. The molecular weight excluding hydrogens is 230 g/mol. The summed E-state index contributed by atoms with van der Waals surface area (Å²) >= 11 is 0. The molecule has 0 aromatic rings. The largest absolute Gasteiger partial charge is 0.301 e. The summed E-state index contributed by atoms with van der Waals surface area (Å²) in [5.74, 6) is 1.02. The van der Waals surface area contributed by atoms with Crippen LogP contribution in [0.2, 0.25) is 0 Å². The number of piperidine rings is 1. The van der Waals surface area contributed by atoms with Crippen LogP contribution in [0.25, 0.3) is 0 Å². The van der Waals surface area contributed by atoms with Crippen molar-refractivity contribution in [3.05, 3.63) is 0 Å². The van der Waals surface area contributed by atoms with E-state index in [1.807, 2.05) is 13.8 Å². The summed E-state index contributed by atoms with van der Waals surface area (Å²) in [4.78, 5) is 2.63. The Balaban J connectivity index is 0.000000467.